The lowest BCUT2D eigenvalue weighted by Crippen LogP contribution is -2.30. The Morgan fingerprint density at radius 3 is 2.50 bits per heavy atom. The molecule has 3 nitrogen and oxygen atoms in total. The first-order chi connectivity index (χ1) is 8.43. The second-order valence-corrected chi connectivity index (χ2v) is 6.10. The van der Waals surface area contributed by atoms with Gasteiger partial charge in [-0.15, -0.1) is 0 Å². The number of esters is 1. The highest BCUT2D eigenvalue weighted by atomic mass is 79.9. The van der Waals surface area contributed by atoms with Crippen LogP contribution in [-0.2, 0) is 9.53 Å². The maximum atomic E-state index is 11.7. The van der Waals surface area contributed by atoms with E-state index in [0.29, 0.717) is 18.1 Å². The van der Waals surface area contributed by atoms with Gasteiger partial charge >= 0.3 is 5.97 Å². The van der Waals surface area contributed by atoms with Crippen LogP contribution in [0.2, 0.25) is 0 Å². The third kappa shape index (κ3) is 4.61. The van der Waals surface area contributed by atoms with Crippen molar-refractivity contribution in [2.24, 2.45) is 5.92 Å². The first kappa shape index (κ1) is 15.5. The maximum absolute atomic E-state index is 11.7. The Hall–Kier alpha value is -0.550. The van der Waals surface area contributed by atoms with Crippen LogP contribution in [0.5, 0.6) is 5.75 Å². The van der Waals surface area contributed by atoms with Gasteiger partial charge in [-0.05, 0) is 46.5 Å². The van der Waals surface area contributed by atoms with E-state index in [1.807, 2.05) is 32.0 Å². The van der Waals surface area contributed by atoms with Crippen molar-refractivity contribution >= 4 is 37.8 Å². The van der Waals surface area contributed by atoms with E-state index in [-0.39, 0.29) is 5.97 Å². The lowest BCUT2D eigenvalue weighted by atomic mass is 10.1. The number of hydrogen-bond donors (Lipinski definition) is 0. The fourth-order valence-electron chi connectivity index (χ4n) is 1.48. The second kappa shape index (κ2) is 7.14. The van der Waals surface area contributed by atoms with Crippen molar-refractivity contribution in [3.63, 3.8) is 0 Å². The van der Waals surface area contributed by atoms with Crippen molar-refractivity contribution < 1.29 is 14.3 Å². The van der Waals surface area contributed by atoms with Gasteiger partial charge in [-0.3, -0.25) is 0 Å². The van der Waals surface area contributed by atoms with Gasteiger partial charge in [0.05, 0.1) is 11.6 Å². The SMILES string of the molecule is COC(=O)[C@@H](CC(C)C)Oc1ccc(Br)cc1Br. The predicted molar refractivity (Wildman–Crippen MR) is 77.7 cm³/mol. The van der Waals surface area contributed by atoms with Gasteiger partial charge in [0.25, 0.3) is 0 Å². The van der Waals surface area contributed by atoms with Gasteiger partial charge in [0.15, 0.2) is 6.10 Å². The van der Waals surface area contributed by atoms with Gasteiger partial charge in [0.1, 0.15) is 5.75 Å². The normalized spacial score (nSPS) is 12.3. The highest BCUT2D eigenvalue weighted by molar-refractivity contribution is 9.11. The molecule has 1 rings (SSSR count). The lowest BCUT2D eigenvalue weighted by Gasteiger charge is -2.19. The Morgan fingerprint density at radius 1 is 1.33 bits per heavy atom. The van der Waals surface area contributed by atoms with Gasteiger partial charge in [0, 0.05) is 4.47 Å². The zero-order valence-electron chi connectivity index (χ0n) is 10.6. The summed E-state index contributed by atoms with van der Waals surface area (Å²) in [5.41, 5.74) is 0. The summed E-state index contributed by atoms with van der Waals surface area (Å²) >= 11 is 6.77. The highest BCUT2D eigenvalue weighted by Gasteiger charge is 2.23. The van der Waals surface area contributed by atoms with Crippen molar-refractivity contribution in [2.45, 2.75) is 26.4 Å². The van der Waals surface area contributed by atoms with Crippen molar-refractivity contribution in [1.82, 2.24) is 0 Å². The van der Waals surface area contributed by atoms with Crippen LogP contribution in [0.3, 0.4) is 0 Å². The minimum absolute atomic E-state index is 0.349. The van der Waals surface area contributed by atoms with Crippen molar-refractivity contribution in [3.05, 3.63) is 27.1 Å². The van der Waals surface area contributed by atoms with Gasteiger partial charge in [-0.1, -0.05) is 29.8 Å². The summed E-state index contributed by atoms with van der Waals surface area (Å²) in [4.78, 5) is 11.7. The van der Waals surface area contributed by atoms with Crippen LogP contribution in [0.15, 0.2) is 27.1 Å². The van der Waals surface area contributed by atoms with Crippen molar-refractivity contribution in [1.29, 1.82) is 0 Å². The van der Waals surface area contributed by atoms with Crippen LogP contribution >= 0.6 is 31.9 Å². The summed E-state index contributed by atoms with van der Waals surface area (Å²) in [7, 11) is 1.37. The molecule has 0 fully saturated rings. The molecule has 0 aromatic heterocycles. The molecule has 0 saturated carbocycles. The summed E-state index contributed by atoms with van der Waals surface area (Å²) in [6, 6.07) is 5.55. The van der Waals surface area contributed by atoms with Crippen LogP contribution in [0.4, 0.5) is 0 Å². The molecule has 0 unspecified atom stereocenters. The van der Waals surface area contributed by atoms with Gasteiger partial charge in [-0.25, -0.2) is 4.79 Å². The largest absolute Gasteiger partial charge is 0.478 e. The summed E-state index contributed by atoms with van der Waals surface area (Å²) < 4.78 is 12.2. The summed E-state index contributed by atoms with van der Waals surface area (Å²) in [5.74, 6) is 0.635. The van der Waals surface area contributed by atoms with Crippen LogP contribution in [0.1, 0.15) is 20.3 Å². The molecule has 0 aliphatic carbocycles. The Labute approximate surface area is 124 Å². The van der Waals surface area contributed by atoms with Gasteiger partial charge < -0.3 is 9.47 Å². The molecule has 1 atom stereocenters. The Bertz CT molecular complexity index is 419. The third-order valence-electron chi connectivity index (χ3n) is 2.31. The molecule has 0 aliphatic rings. The average Bonchev–Trinajstić information content (AvgIpc) is 2.30. The number of methoxy groups -OCH3 is 1. The molecule has 1 aromatic rings. The van der Waals surface area contributed by atoms with Crippen molar-refractivity contribution in [2.75, 3.05) is 7.11 Å². The first-order valence-corrected chi connectivity index (χ1v) is 7.22. The molecule has 0 spiro atoms. The predicted octanol–water partition coefficient (Wildman–Crippen LogP) is 4.18. The van der Waals surface area contributed by atoms with Crippen molar-refractivity contribution in [3.8, 4) is 5.75 Å². The number of halogens is 2. The number of benzene rings is 1. The Morgan fingerprint density at radius 2 is 2.00 bits per heavy atom. The van der Waals surface area contributed by atoms with Crippen LogP contribution < -0.4 is 4.74 Å². The summed E-state index contributed by atoms with van der Waals surface area (Å²) in [6.45, 7) is 4.08. The molecule has 0 amide bonds. The molecule has 0 N–H and O–H groups in total. The third-order valence-corrected chi connectivity index (χ3v) is 3.43. The molecular weight excluding hydrogens is 364 g/mol. The Kier molecular flexibility index (Phi) is 6.15. The molecule has 18 heavy (non-hydrogen) atoms. The van der Waals surface area contributed by atoms with Crippen LogP contribution in [-0.4, -0.2) is 19.2 Å². The standard InChI is InChI=1S/C13H16Br2O3/c1-8(2)6-12(13(16)17-3)18-11-5-4-9(14)7-10(11)15/h4-5,7-8,12H,6H2,1-3H3/t12-/m1/s1. The molecule has 0 heterocycles. The van der Waals surface area contributed by atoms with Gasteiger partial charge in [-0.2, -0.15) is 0 Å². The number of ether oxygens (including phenoxy) is 2. The lowest BCUT2D eigenvalue weighted by molar-refractivity contribution is -0.149. The first-order valence-electron chi connectivity index (χ1n) is 5.63. The number of rotatable bonds is 5. The molecule has 0 saturated heterocycles. The smallest absolute Gasteiger partial charge is 0.347 e. The van der Waals surface area contributed by atoms with E-state index in [9.17, 15) is 4.79 Å². The quantitative estimate of drug-likeness (QED) is 0.720. The molecule has 100 valence electrons. The van der Waals surface area contributed by atoms with E-state index in [0.717, 1.165) is 8.95 Å². The average molecular weight is 380 g/mol. The van der Waals surface area contributed by atoms with E-state index < -0.39 is 6.10 Å². The van der Waals surface area contributed by atoms with E-state index in [2.05, 4.69) is 31.9 Å². The van der Waals surface area contributed by atoms with E-state index in [1.165, 1.54) is 7.11 Å². The zero-order valence-corrected chi connectivity index (χ0v) is 13.7. The minimum atomic E-state index is -0.576. The van der Waals surface area contributed by atoms with E-state index in [4.69, 9.17) is 9.47 Å². The second-order valence-electron chi connectivity index (χ2n) is 4.33. The summed E-state index contributed by atoms with van der Waals surface area (Å²) in [5, 5.41) is 0. The molecule has 0 bridgehead atoms. The molecular formula is C13H16Br2O3. The minimum Gasteiger partial charge on any atom is -0.478 e. The molecule has 5 heteroatoms. The van der Waals surface area contributed by atoms with Gasteiger partial charge in [0.2, 0.25) is 0 Å². The molecule has 0 radical (unpaired) electrons. The number of carbonyl (C=O) groups excluding carboxylic acids is 1. The molecule has 0 aliphatic heterocycles. The monoisotopic (exact) mass is 378 g/mol. The maximum Gasteiger partial charge on any atom is 0.347 e. The van der Waals surface area contributed by atoms with Crippen LogP contribution in [0.25, 0.3) is 0 Å². The number of carbonyl (C=O) groups is 1. The zero-order chi connectivity index (χ0) is 13.7. The fourth-order valence-corrected chi connectivity index (χ4v) is 2.62. The van der Waals surface area contributed by atoms with Crippen LogP contribution in [0, 0.1) is 5.92 Å². The number of hydrogen-bond acceptors (Lipinski definition) is 3. The highest BCUT2D eigenvalue weighted by Crippen LogP contribution is 2.29. The Balaban J connectivity index is 2.85. The fraction of sp³-hybridized carbons (Fsp3) is 0.462. The summed E-state index contributed by atoms with van der Waals surface area (Å²) in [6.07, 6.45) is 0.0438. The van der Waals surface area contributed by atoms with E-state index >= 15 is 0 Å². The van der Waals surface area contributed by atoms with E-state index in [1.54, 1.807) is 0 Å². The molecule has 1 aromatic carbocycles. The topological polar surface area (TPSA) is 35.5 Å².